The molecule has 2 aromatic rings. The predicted molar refractivity (Wildman–Crippen MR) is 114 cm³/mol. The van der Waals surface area contributed by atoms with E-state index in [9.17, 15) is 14.7 Å². The number of ether oxygens (including phenoxy) is 3. The molecule has 0 saturated heterocycles. The van der Waals surface area contributed by atoms with Crippen LogP contribution in [0.2, 0.25) is 0 Å². The van der Waals surface area contributed by atoms with Crippen molar-refractivity contribution in [1.82, 2.24) is 15.6 Å². The van der Waals surface area contributed by atoms with Crippen LogP contribution < -0.4 is 20.1 Å². The highest BCUT2D eigenvalue weighted by molar-refractivity contribution is 5.79. The van der Waals surface area contributed by atoms with Crippen LogP contribution in [-0.2, 0) is 27.3 Å². The first kappa shape index (κ1) is 21.8. The van der Waals surface area contributed by atoms with Crippen LogP contribution >= 0.6 is 0 Å². The van der Waals surface area contributed by atoms with Crippen molar-refractivity contribution in [2.24, 2.45) is 0 Å². The predicted octanol–water partition coefficient (Wildman–Crippen LogP) is 0.860. The van der Waals surface area contributed by atoms with Gasteiger partial charge in [0.25, 0.3) is 0 Å². The third kappa shape index (κ3) is 5.63. The molecule has 0 spiro atoms. The molecule has 1 aromatic carbocycles. The number of benzene rings is 1. The van der Waals surface area contributed by atoms with Gasteiger partial charge in [-0.25, -0.2) is 0 Å². The number of fused-ring (bicyclic) bond motifs is 1. The van der Waals surface area contributed by atoms with Crippen LogP contribution in [0.1, 0.15) is 17.5 Å². The molecule has 2 aliphatic rings. The molecule has 0 fully saturated rings. The first-order valence-electron chi connectivity index (χ1n) is 10.4. The Hall–Kier alpha value is -3.43. The minimum absolute atomic E-state index is 0.105. The molecule has 9 heteroatoms. The quantitative estimate of drug-likeness (QED) is 0.522. The zero-order chi connectivity index (χ0) is 22.3. The summed E-state index contributed by atoms with van der Waals surface area (Å²) >= 11 is 0. The number of aromatic nitrogens is 1. The zero-order valence-electron chi connectivity index (χ0n) is 17.4. The monoisotopic (exact) mass is 439 g/mol. The lowest BCUT2D eigenvalue weighted by molar-refractivity contribution is -0.128. The van der Waals surface area contributed by atoms with Crippen molar-refractivity contribution >= 4 is 11.8 Å². The van der Waals surface area contributed by atoms with E-state index >= 15 is 0 Å². The Labute approximate surface area is 185 Å². The summed E-state index contributed by atoms with van der Waals surface area (Å²) in [6.45, 7) is 0.271. The maximum absolute atomic E-state index is 12.4. The number of carbonyl (C=O) groups is 2. The molecule has 2 amide bonds. The highest BCUT2D eigenvalue weighted by Gasteiger charge is 2.29. The third-order valence-corrected chi connectivity index (χ3v) is 5.19. The lowest BCUT2D eigenvalue weighted by Gasteiger charge is -2.31. The second kappa shape index (κ2) is 10.3. The van der Waals surface area contributed by atoms with E-state index in [4.69, 9.17) is 14.2 Å². The third-order valence-electron chi connectivity index (χ3n) is 5.19. The molecule has 0 radical (unpaired) electrons. The number of nitrogens with zero attached hydrogens (tertiary/aromatic N) is 1. The van der Waals surface area contributed by atoms with E-state index in [1.165, 1.54) is 0 Å². The summed E-state index contributed by atoms with van der Waals surface area (Å²) in [5, 5.41) is 15.4. The summed E-state index contributed by atoms with van der Waals surface area (Å²) in [4.78, 5) is 28.7. The topological polar surface area (TPSA) is 119 Å². The summed E-state index contributed by atoms with van der Waals surface area (Å²) in [5.74, 6) is 0.971. The summed E-state index contributed by atoms with van der Waals surface area (Å²) in [6.07, 6.45) is 5.94. The Morgan fingerprint density at radius 2 is 1.97 bits per heavy atom. The van der Waals surface area contributed by atoms with Crippen LogP contribution in [0.4, 0.5) is 0 Å². The molecule has 1 aromatic heterocycles. The van der Waals surface area contributed by atoms with Crippen molar-refractivity contribution < 1.29 is 28.9 Å². The van der Waals surface area contributed by atoms with Crippen molar-refractivity contribution in [2.75, 3.05) is 13.4 Å². The standard InChI is InChI=1S/C23H25N3O6/c27-13-21-18(26-23(29)9-15-2-1-7-24-11-15)5-4-17(32-21)10-22(28)25-12-16-3-6-19-20(8-16)31-14-30-19/h1-8,11,17-18,21,27H,9-10,12-14H2,(H,25,28)(H,26,29)/t17-,18+,21+/m0/s1. The van der Waals surface area contributed by atoms with E-state index < -0.39 is 18.2 Å². The highest BCUT2D eigenvalue weighted by atomic mass is 16.7. The fourth-order valence-electron chi connectivity index (χ4n) is 3.57. The number of rotatable bonds is 8. The molecule has 32 heavy (non-hydrogen) atoms. The fraction of sp³-hybridized carbons (Fsp3) is 0.348. The van der Waals surface area contributed by atoms with Crippen molar-refractivity contribution in [3.05, 3.63) is 66.0 Å². The van der Waals surface area contributed by atoms with E-state index in [-0.39, 0.29) is 38.1 Å². The molecule has 3 atom stereocenters. The largest absolute Gasteiger partial charge is 0.454 e. The van der Waals surface area contributed by atoms with Gasteiger partial charge in [-0.2, -0.15) is 0 Å². The Bertz CT molecular complexity index is 981. The molecule has 4 rings (SSSR count). The Morgan fingerprint density at radius 1 is 1.09 bits per heavy atom. The molecular formula is C23H25N3O6. The number of nitrogens with one attached hydrogen (secondary N) is 2. The number of amides is 2. The van der Waals surface area contributed by atoms with Crippen molar-refractivity contribution in [3.63, 3.8) is 0 Å². The van der Waals surface area contributed by atoms with Crippen LogP contribution in [-0.4, -0.2) is 53.6 Å². The van der Waals surface area contributed by atoms with Crippen LogP contribution in [0.25, 0.3) is 0 Å². The van der Waals surface area contributed by atoms with Gasteiger partial charge in [0.05, 0.1) is 31.6 Å². The van der Waals surface area contributed by atoms with E-state index in [2.05, 4.69) is 15.6 Å². The zero-order valence-corrected chi connectivity index (χ0v) is 17.4. The fourth-order valence-corrected chi connectivity index (χ4v) is 3.57. The summed E-state index contributed by atoms with van der Waals surface area (Å²) < 4.78 is 16.4. The minimum atomic E-state index is -0.635. The summed E-state index contributed by atoms with van der Waals surface area (Å²) in [5.41, 5.74) is 1.69. The number of pyridine rings is 1. The van der Waals surface area contributed by atoms with Gasteiger partial charge in [0.1, 0.15) is 6.10 Å². The molecule has 2 aliphatic heterocycles. The van der Waals surface area contributed by atoms with Gasteiger partial charge in [-0.3, -0.25) is 14.6 Å². The normalized spacial score (nSPS) is 21.2. The van der Waals surface area contributed by atoms with E-state index in [0.29, 0.717) is 18.0 Å². The van der Waals surface area contributed by atoms with Gasteiger partial charge < -0.3 is 30.0 Å². The number of hydrogen-bond donors (Lipinski definition) is 3. The maximum Gasteiger partial charge on any atom is 0.231 e. The van der Waals surface area contributed by atoms with Crippen molar-refractivity contribution in [3.8, 4) is 11.5 Å². The van der Waals surface area contributed by atoms with Gasteiger partial charge in [-0.05, 0) is 29.3 Å². The van der Waals surface area contributed by atoms with E-state index in [0.717, 1.165) is 11.1 Å². The van der Waals surface area contributed by atoms with Crippen LogP contribution in [0, 0.1) is 0 Å². The molecule has 0 unspecified atom stereocenters. The second-order valence-corrected chi connectivity index (χ2v) is 7.58. The number of carbonyl (C=O) groups excluding carboxylic acids is 2. The molecule has 9 nitrogen and oxygen atoms in total. The van der Waals surface area contributed by atoms with Crippen LogP contribution in [0.3, 0.4) is 0 Å². The average Bonchev–Trinajstić information content (AvgIpc) is 3.27. The van der Waals surface area contributed by atoms with Gasteiger partial charge in [0.15, 0.2) is 11.5 Å². The lowest BCUT2D eigenvalue weighted by Crippen LogP contribution is -2.49. The number of aliphatic hydroxyl groups excluding tert-OH is 1. The smallest absolute Gasteiger partial charge is 0.231 e. The lowest BCUT2D eigenvalue weighted by atomic mass is 10.0. The molecule has 168 valence electrons. The first-order valence-corrected chi connectivity index (χ1v) is 10.4. The molecule has 0 aliphatic carbocycles. The Morgan fingerprint density at radius 3 is 2.78 bits per heavy atom. The SMILES string of the molecule is O=C(C[C@@H]1C=C[C@@H](NC(=O)Cc2cccnc2)[C@@H](CO)O1)NCc1ccc2c(c1)OCO2. The van der Waals surface area contributed by atoms with E-state index in [1.54, 1.807) is 30.6 Å². The molecule has 0 saturated carbocycles. The average molecular weight is 439 g/mol. The van der Waals surface area contributed by atoms with Gasteiger partial charge in [0, 0.05) is 18.9 Å². The summed E-state index contributed by atoms with van der Waals surface area (Å²) in [7, 11) is 0. The second-order valence-electron chi connectivity index (χ2n) is 7.58. The van der Waals surface area contributed by atoms with Crippen molar-refractivity contribution in [2.45, 2.75) is 37.6 Å². The van der Waals surface area contributed by atoms with Gasteiger partial charge in [0.2, 0.25) is 18.6 Å². The number of aliphatic hydroxyl groups is 1. The minimum Gasteiger partial charge on any atom is -0.454 e. The highest BCUT2D eigenvalue weighted by Crippen LogP contribution is 2.32. The van der Waals surface area contributed by atoms with Gasteiger partial charge >= 0.3 is 0 Å². The molecule has 0 bridgehead atoms. The molecule has 3 heterocycles. The number of hydrogen-bond acceptors (Lipinski definition) is 7. The molecule has 3 N–H and O–H groups in total. The Balaban J connectivity index is 1.25. The van der Waals surface area contributed by atoms with Crippen molar-refractivity contribution in [1.29, 1.82) is 0 Å². The van der Waals surface area contributed by atoms with Crippen LogP contribution in [0.5, 0.6) is 11.5 Å². The van der Waals surface area contributed by atoms with E-state index in [1.807, 2.05) is 24.3 Å². The Kier molecular flexibility index (Phi) is 6.98. The van der Waals surface area contributed by atoms with Crippen LogP contribution in [0.15, 0.2) is 54.9 Å². The van der Waals surface area contributed by atoms with Gasteiger partial charge in [-0.15, -0.1) is 0 Å². The maximum atomic E-state index is 12.4. The summed E-state index contributed by atoms with van der Waals surface area (Å²) in [6, 6.07) is 8.63. The first-order chi connectivity index (χ1) is 15.6. The van der Waals surface area contributed by atoms with Gasteiger partial charge in [-0.1, -0.05) is 24.3 Å². The molecular weight excluding hydrogens is 414 g/mol.